The number of nitrogens with zero attached hydrogens (tertiary/aromatic N) is 2. The average Bonchev–Trinajstić information content (AvgIpc) is 2.74. The minimum Gasteiger partial charge on any atom is -0.336 e. The van der Waals surface area contributed by atoms with Crippen LogP contribution >= 0.6 is 27.3 Å². The molecular weight excluding hydrogens is 270 g/mol. The average molecular weight is 276 g/mol. The largest absolute Gasteiger partial charge is 0.336 e. The molecule has 2 heterocycles. The van der Waals surface area contributed by atoms with Gasteiger partial charge in [-0.25, -0.2) is 5.90 Å². The number of aromatic nitrogens is 2. The predicted molar refractivity (Wildman–Crippen MR) is 54.3 cm³/mol. The third-order valence-electron chi connectivity index (χ3n) is 1.47. The maximum absolute atomic E-state index is 4.89. The number of rotatable bonds is 3. The van der Waals surface area contributed by atoms with E-state index in [-0.39, 0.29) is 6.61 Å². The SMILES string of the molecule is NOCc1nc(-c2ccc(Br)s2)no1. The van der Waals surface area contributed by atoms with E-state index in [4.69, 9.17) is 10.4 Å². The molecule has 74 valence electrons. The topological polar surface area (TPSA) is 74.2 Å². The second-order valence-electron chi connectivity index (χ2n) is 2.43. The molecule has 2 aromatic heterocycles. The fourth-order valence-corrected chi connectivity index (χ4v) is 2.23. The molecule has 0 aliphatic carbocycles. The van der Waals surface area contributed by atoms with Crippen LogP contribution in [0.3, 0.4) is 0 Å². The Hall–Kier alpha value is -0.760. The zero-order valence-electron chi connectivity index (χ0n) is 6.94. The third-order valence-corrected chi connectivity index (χ3v) is 3.09. The molecule has 0 saturated heterocycles. The van der Waals surface area contributed by atoms with Crippen molar-refractivity contribution >= 4 is 27.3 Å². The predicted octanol–water partition coefficient (Wildman–Crippen LogP) is 1.95. The van der Waals surface area contributed by atoms with Crippen molar-refractivity contribution in [2.24, 2.45) is 5.90 Å². The minimum atomic E-state index is 0.125. The molecule has 0 aliphatic rings. The van der Waals surface area contributed by atoms with Gasteiger partial charge in [0.05, 0.1) is 8.66 Å². The number of thiophene rings is 1. The molecule has 7 heteroatoms. The first kappa shape index (κ1) is 9.78. The van der Waals surface area contributed by atoms with Crippen molar-refractivity contribution < 1.29 is 9.36 Å². The van der Waals surface area contributed by atoms with Gasteiger partial charge in [0.15, 0.2) is 0 Å². The Bertz CT molecular complexity index is 428. The van der Waals surface area contributed by atoms with E-state index in [9.17, 15) is 0 Å². The third kappa shape index (κ3) is 2.01. The van der Waals surface area contributed by atoms with E-state index < -0.39 is 0 Å². The van der Waals surface area contributed by atoms with Gasteiger partial charge in [-0.05, 0) is 28.1 Å². The van der Waals surface area contributed by atoms with E-state index in [0.717, 1.165) is 8.66 Å². The van der Waals surface area contributed by atoms with Crippen LogP contribution in [0.4, 0.5) is 0 Å². The van der Waals surface area contributed by atoms with E-state index in [1.807, 2.05) is 12.1 Å². The van der Waals surface area contributed by atoms with E-state index in [1.165, 1.54) is 11.3 Å². The molecule has 0 fully saturated rings. The maximum Gasteiger partial charge on any atom is 0.255 e. The molecule has 2 N–H and O–H groups in total. The normalized spacial score (nSPS) is 10.7. The zero-order valence-corrected chi connectivity index (χ0v) is 9.34. The van der Waals surface area contributed by atoms with Crippen molar-refractivity contribution in [2.45, 2.75) is 6.61 Å². The molecule has 0 amide bonds. The number of hydrogen-bond donors (Lipinski definition) is 1. The lowest BCUT2D eigenvalue weighted by Crippen LogP contribution is -1.98. The highest BCUT2D eigenvalue weighted by Crippen LogP contribution is 2.29. The molecule has 0 atom stereocenters. The van der Waals surface area contributed by atoms with Gasteiger partial charge in [0.2, 0.25) is 5.82 Å². The van der Waals surface area contributed by atoms with Crippen LogP contribution in [0.25, 0.3) is 10.7 Å². The Kier molecular flexibility index (Phi) is 2.92. The van der Waals surface area contributed by atoms with Crippen LogP contribution in [0.5, 0.6) is 0 Å². The molecule has 2 rings (SSSR count). The van der Waals surface area contributed by atoms with Crippen molar-refractivity contribution in [3.63, 3.8) is 0 Å². The lowest BCUT2D eigenvalue weighted by molar-refractivity contribution is 0.0996. The van der Waals surface area contributed by atoms with Gasteiger partial charge in [0, 0.05) is 0 Å². The van der Waals surface area contributed by atoms with E-state index in [1.54, 1.807) is 0 Å². The second-order valence-corrected chi connectivity index (χ2v) is 4.89. The molecule has 14 heavy (non-hydrogen) atoms. The number of hydrogen-bond acceptors (Lipinski definition) is 6. The highest BCUT2D eigenvalue weighted by molar-refractivity contribution is 9.11. The lowest BCUT2D eigenvalue weighted by Gasteiger charge is -1.86. The zero-order chi connectivity index (χ0) is 9.97. The summed E-state index contributed by atoms with van der Waals surface area (Å²) in [6.45, 7) is 0.125. The van der Waals surface area contributed by atoms with Crippen LogP contribution in [0.1, 0.15) is 5.89 Å². The summed E-state index contributed by atoms with van der Waals surface area (Å²) in [6.07, 6.45) is 0. The summed E-state index contributed by atoms with van der Waals surface area (Å²) in [5.74, 6) is 5.80. The lowest BCUT2D eigenvalue weighted by atomic mass is 10.4. The Morgan fingerprint density at radius 2 is 2.43 bits per heavy atom. The summed E-state index contributed by atoms with van der Waals surface area (Å²) in [6, 6.07) is 3.84. The van der Waals surface area contributed by atoms with Gasteiger partial charge in [-0.15, -0.1) is 11.3 Å². The number of nitrogens with two attached hydrogens (primary N) is 1. The van der Waals surface area contributed by atoms with Crippen molar-refractivity contribution in [1.29, 1.82) is 0 Å². The first-order valence-electron chi connectivity index (χ1n) is 3.69. The van der Waals surface area contributed by atoms with Crippen LogP contribution < -0.4 is 5.90 Å². The quantitative estimate of drug-likeness (QED) is 0.867. The molecule has 0 unspecified atom stereocenters. The van der Waals surface area contributed by atoms with Crippen LogP contribution in [-0.2, 0) is 11.4 Å². The summed E-state index contributed by atoms with van der Waals surface area (Å²) < 4.78 is 5.92. The first-order valence-corrected chi connectivity index (χ1v) is 5.30. The van der Waals surface area contributed by atoms with Gasteiger partial charge in [-0.1, -0.05) is 5.16 Å². The molecule has 2 aromatic rings. The fourth-order valence-electron chi connectivity index (χ4n) is 0.919. The van der Waals surface area contributed by atoms with Crippen LogP contribution in [0, 0.1) is 0 Å². The van der Waals surface area contributed by atoms with Crippen molar-refractivity contribution in [1.82, 2.24) is 10.1 Å². The monoisotopic (exact) mass is 275 g/mol. The standard InChI is InChI=1S/C7H6BrN3O2S/c8-5-2-1-4(14-5)7-10-6(3-12-9)13-11-7/h1-2H,3,9H2. The summed E-state index contributed by atoms with van der Waals surface area (Å²) in [4.78, 5) is 9.40. The van der Waals surface area contributed by atoms with E-state index in [0.29, 0.717) is 11.7 Å². The van der Waals surface area contributed by atoms with Gasteiger partial charge < -0.3 is 4.52 Å². The van der Waals surface area contributed by atoms with Gasteiger partial charge in [0.25, 0.3) is 5.89 Å². The molecule has 0 saturated carbocycles. The van der Waals surface area contributed by atoms with Crippen molar-refractivity contribution in [3.8, 4) is 10.7 Å². The van der Waals surface area contributed by atoms with Crippen molar-refractivity contribution in [2.75, 3.05) is 0 Å². The maximum atomic E-state index is 4.89. The summed E-state index contributed by atoms with van der Waals surface area (Å²) in [5.41, 5.74) is 0. The van der Waals surface area contributed by atoms with Crippen LogP contribution in [-0.4, -0.2) is 10.1 Å². The van der Waals surface area contributed by atoms with Gasteiger partial charge in [-0.3, -0.25) is 4.84 Å². The smallest absolute Gasteiger partial charge is 0.255 e. The Morgan fingerprint density at radius 1 is 1.57 bits per heavy atom. The summed E-state index contributed by atoms with van der Waals surface area (Å²) in [7, 11) is 0. The highest BCUT2D eigenvalue weighted by Gasteiger charge is 2.09. The summed E-state index contributed by atoms with van der Waals surface area (Å²) >= 11 is 4.89. The molecular formula is C7H6BrN3O2S. The molecule has 0 bridgehead atoms. The molecule has 0 radical (unpaired) electrons. The Morgan fingerprint density at radius 3 is 3.07 bits per heavy atom. The van der Waals surface area contributed by atoms with Gasteiger partial charge in [0.1, 0.15) is 6.61 Å². The van der Waals surface area contributed by atoms with Crippen LogP contribution in [0.15, 0.2) is 20.4 Å². The molecule has 0 aliphatic heterocycles. The second kappa shape index (κ2) is 4.18. The first-order chi connectivity index (χ1) is 6.79. The molecule has 5 nitrogen and oxygen atoms in total. The fraction of sp³-hybridized carbons (Fsp3) is 0.143. The summed E-state index contributed by atoms with van der Waals surface area (Å²) in [5, 5.41) is 3.79. The van der Waals surface area contributed by atoms with Crippen LogP contribution in [0.2, 0.25) is 0 Å². The van der Waals surface area contributed by atoms with Gasteiger partial charge in [-0.2, -0.15) is 4.98 Å². The minimum absolute atomic E-state index is 0.125. The molecule has 0 spiro atoms. The highest BCUT2D eigenvalue weighted by atomic mass is 79.9. The van der Waals surface area contributed by atoms with Gasteiger partial charge >= 0.3 is 0 Å². The Balaban J connectivity index is 2.24. The van der Waals surface area contributed by atoms with Crippen molar-refractivity contribution in [3.05, 3.63) is 21.8 Å². The molecule has 0 aromatic carbocycles. The van der Waals surface area contributed by atoms with E-state index >= 15 is 0 Å². The Labute approximate surface area is 92.0 Å². The number of halogens is 1. The van der Waals surface area contributed by atoms with E-state index in [2.05, 4.69) is 30.9 Å².